The molecule has 0 N–H and O–H groups in total. The number of aromatic nitrogens is 4. The molecule has 7 nitrogen and oxygen atoms in total. The predicted octanol–water partition coefficient (Wildman–Crippen LogP) is 3.61. The Balaban J connectivity index is 1.60. The van der Waals surface area contributed by atoms with E-state index in [1.165, 1.54) is 4.88 Å². The van der Waals surface area contributed by atoms with Gasteiger partial charge in [0.2, 0.25) is 0 Å². The Bertz CT molecular complexity index is 997. The summed E-state index contributed by atoms with van der Waals surface area (Å²) in [5, 5.41) is 10.0. The molecule has 0 saturated carbocycles. The van der Waals surface area contributed by atoms with E-state index >= 15 is 0 Å². The maximum atomic E-state index is 5.56. The number of benzene rings is 1. The third kappa shape index (κ3) is 3.27. The normalized spacial score (nSPS) is 16.8. The van der Waals surface area contributed by atoms with E-state index in [2.05, 4.69) is 44.6 Å². The van der Waals surface area contributed by atoms with E-state index in [0.29, 0.717) is 0 Å². The van der Waals surface area contributed by atoms with Crippen LogP contribution >= 0.6 is 11.3 Å². The molecule has 0 radical (unpaired) electrons. The minimum absolute atomic E-state index is 0.154. The topological polar surface area (TPSA) is 65.3 Å². The minimum Gasteiger partial charge on any atom is -0.497 e. The molecular weight excluding hydrogens is 374 g/mol. The highest BCUT2D eigenvalue weighted by molar-refractivity contribution is 7.11. The maximum absolute atomic E-state index is 5.56. The molecule has 3 heterocycles. The summed E-state index contributed by atoms with van der Waals surface area (Å²) >= 11 is 1.70. The third-order valence-corrected chi connectivity index (χ3v) is 6.18. The van der Waals surface area contributed by atoms with E-state index < -0.39 is 0 Å². The van der Waals surface area contributed by atoms with Crippen LogP contribution in [0.25, 0.3) is 11.5 Å². The Morgan fingerprint density at radius 2 is 1.96 bits per heavy atom. The van der Waals surface area contributed by atoms with Gasteiger partial charge in [-0.15, -0.1) is 21.5 Å². The number of fused-ring (bicyclic) bond motifs is 1. The van der Waals surface area contributed by atoms with Crippen LogP contribution in [0.3, 0.4) is 0 Å². The molecule has 4 rings (SSSR count). The molecule has 1 aliphatic rings. The Hall–Kier alpha value is -2.45. The summed E-state index contributed by atoms with van der Waals surface area (Å²) in [6.45, 7) is 8.84. The van der Waals surface area contributed by atoms with Crippen LogP contribution in [0.1, 0.15) is 34.2 Å². The number of rotatable bonds is 5. The lowest BCUT2D eigenvalue weighted by atomic mass is 10.1. The van der Waals surface area contributed by atoms with Gasteiger partial charge in [0.15, 0.2) is 11.6 Å². The van der Waals surface area contributed by atoms with Crippen molar-refractivity contribution >= 4 is 11.3 Å². The third-order valence-electron chi connectivity index (χ3n) is 5.29. The van der Waals surface area contributed by atoms with Crippen LogP contribution in [0.2, 0.25) is 0 Å². The zero-order valence-corrected chi connectivity index (χ0v) is 17.7. The van der Waals surface area contributed by atoms with Crippen LogP contribution in [0.15, 0.2) is 18.2 Å². The number of ether oxygens (including phenoxy) is 2. The number of aryl methyl sites for hydroxylation is 2. The molecule has 1 aliphatic heterocycles. The second kappa shape index (κ2) is 7.52. The van der Waals surface area contributed by atoms with E-state index in [1.54, 1.807) is 25.6 Å². The van der Waals surface area contributed by atoms with Crippen molar-refractivity contribution in [3.8, 4) is 23.0 Å². The molecule has 0 aliphatic carbocycles. The van der Waals surface area contributed by atoms with Gasteiger partial charge in [-0.05, 0) is 26.8 Å². The van der Waals surface area contributed by atoms with Gasteiger partial charge < -0.3 is 14.0 Å². The average molecular weight is 400 g/mol. The van der Waals surface area contributed by atoms with Crippen LogP contribution in [0.5, 0.6) is 11.5 Å². The summed E-state index contributed by atoms with van der Waals surface area (Å²) in [5.41, 5.74) is 2.09. The zero-order valence-electron chi connectivity index (χ0n) is 16.9. The predicted molar refractivity (Wildman–Crippen MR) is 109 cm³/mol. The highest BCUT2D eigenvalue weighted by Crippen LogP contribution is 2.33. The second-order valence-corrected chi connectivity index (χ2v) is 8.40. The Labute approximate surface area is 168 Å². The highest BCUT2D eigenvalue weighted by atomic mass is 32.1. The summed E-state index contributed by atoms with van der Waals surface area (Å²) < 4.78 is 13.1. The first-order chi connectivity index (χ1) is 13.5. The SMILES string of the molecule is COc1ccc(CN2CCn3c(-c4nc(C)sc4C)nnc3[C@@H]2C)c(OC)c1. The average Bonchev–Trinajstić information content (AvgIpc) is 3.26. The fraction of sp³-hybridized carbons (Fsp3) is 0.450. The van der Waals surface area contributed by atoms with Gasteiger partial charge >= 0.3 is 0 Å². The van der Waals surface area contributed by atoms with Crippen molar-refractivity contribution in [2.24, 2.45) is 0 Å². The molecule has 0 spiro atoms. The van der Waals surface area contributed by atoms with Gasteiger partial charge in [0.05, 0.1) is 25.3 Å². The lowest BCUT2D eigenvalue weighted by Gasteiger charge is -2.34. The molecule has 1 aromatic carbocycles. The summed E-state index contributed by atoms with van der Waals surface area (Å²) in [7, 11) is 3.36. The van der Waals surface area contributed by atoms with Crippen LogP contribution in [0, 0.1) is 13.8 Å². The van der Waals surface area contributed by atoms with E-state index in [0.717, 1.165) is 59.0 Å². The number of hydrogen-bond donors (Lipinski definition) is 0. The Morgan fingerprint density at radius 1 is 1.14 bits per heavy atom. The van der Waals surface area contributed by atoms with Crippen LogP contribution in [0.4, 0.5) is 0 Å². The lowest BCUT2D eigenvalue weighted by Crippen LogP contribution is -2.36. The van der Waals surface area contributed by atoms with E-state index in [-0.39, 0.29) is 6.04 Å². The van der Waals surface area contributed by atoms with Crippen LogP contribution in [-0.4, -0.2) is 45.4 Å². The van der Waals surface area contributed by atoms with Crippen LogP contribution < -0.4 is 9.47 Å². The summed E-state index contributed by atoms with van der Waals surface area (Å²) in [6, 6.07) is 6.12. The Kier molecular flexibility index (Phi) is 5.07. The van der Waals surface area contributed by atoms with Gasteiger partial charge in [-0.3, -0.25) is 4.90 Å². The van der Waals surface area contributed by atoms with Gasteiger partial charge in [0.1, 0.15) is 17.2 Å². The maximum Gasteiger partial charge on any atom is 0.183 e. The van der Waals surface area contributed by atoms with Crippen molar-refractivity contribution in [2.75, 3.05) is 20.8 Å². The molecule has 3 aromatic rings. The summed E-state index contributed by atoms with van der Waals surface area (Å²) in [6.07, 6.45) is 0. The quantitative estimate of drug-likeness (QED) is 0.653. The van der Waals surface area contributed by atoms with Crippen molar-refractivity contribution in [3.63, 3.8) is 0 Å². The molecule has 148 valence electrons. The smallest absolute Gasteiger partial charge is 0.183 e. The number of nitrogens with zero attached hydrogens (tertiary/aromatic N) is 5. The van der Waals surface area contributed by atoms with Gasteiger partial charge in [0.25, 0.3) is 0 Å². The molecule has 0 fully saturated rings. The first kappa shape index (κ1) is 18.9. The van der Waals surface area contributed by atoms with E-state index in [1.807, 2.05) is 19.1 Å². The second-order valence-electron chi connectivity index (χ2n) is 7.00. The van der Waals surface area contributed by atoms with E-state index in [4.69, 9.17) is 9.47 Å². The van der Waals surface area contributed by atoms with E-state index in [9.17, 15) is 0 Å². The fourth-order valence-corrected chi connectivity index (χ4v) is 4.57. The van der Waals surface area contributed by atoms with Gasteiger partial charge in [0, 0.05) is 36.1 Å². The van der Waals surface area contributed by atoms with Gasteiger partial charge in [-0.1, -0.05) is 6.07 Å². The molecule has 0 amide bonds. The number of hydrogen-bond acceptors (Lipinski definition) is 7. The van der Waals surface area contributed by atoms with Crippen molar-refractivity contribution in [1.29, 1.82) is 0 Å². The summed E-state index contributed by atoms with van der Waals surface area (Å²) in [4.78, 5) is 8.25. The molecule has 28 heavy (non-hydrogen) atoms. The molecule has 0 saturated heterocycles. The monoisotopic (exact) mass is 399 g/mol. The summed E-state index contributed by atoms with van der Waals surface area (Å²) in [5.74, 6) is 3.50. The first-order valence-electron chi connectivity index (χ1n) is 9.34. The number of thiazole rings is 1. The molecule has 0 unspecified atom stereocenters. The highest BCUT2D eigenvalue weighted by Gasteiger charge is 2.30. The van der Waals surface area contributed by atoms with Gasteiger partial charge in [-0.2, -0.15) is 0 Å². The van der Waals surface area contributed by atoms with Gasteiger partial charge in [-0.25, -0.2) is 4.98 Å². The number of methoxy groups -OCH3 is 2. The van der Waals surface area contributed by atoms with Crippen molar-refractivity contribution in [3.05, 3.63) is 39.5 Å². The molecule has 8 heteroatoms. The standard InChI is InChI=1S/C20H25N5O2S/c1-12-19-22-23-20(18-13(2)28-14(3)21-18)25(19)9-8-24(12)11-15-6-7-16(26-4)10-17(15)27-5/h6-7,10,12H,8-9,11H2,1-5H3/t12-/m0/s1. The lowest BCUT2D eigenvalue weighted by molar-refractivity contribution is 0.155. The van der Waals surface area contributed by atoms with Crippen LogP contribution in [-0.2, 0) is 13.1 Å². The first-order valence-corrected chi connectivity index (χ1v) is 10.2. The molecule has 1 atom stereocenters. The van der Waals surface area contributed by atoms with Crippen molar-refractivity contribution in [1.82, 2.24) is 24.6 Å². The Morgan fingerprint density at radius 3 is 2.64 bits per heavy atom. The molecular formula is C20H25N5O2S. The minimum atomic E-state index is 0.154. The fourth-order valence-electron chi connectivity index (χ4n) is 3.76. The largest absolute Gasteiger partial charge is 0.497 e. The van der Waals surface area contributed by atoms with Crippen molar-refractivity contribution < 1.29 is 9.47 Å². The zero-order chi connectivity index (χ0) is 19.8. The van der Waals surface area contributed by atoms with Crippen molar-refractivity contribution in [2.45, 2.75) is 39.9 Å². The molecule has 2 aromatic heterocycles. The molecule has 0 bridgehead atoms.